The highest BCUT2D eigenvalue weighted by Gasteiger charge is 2.53. The van der Waals surface area contributed by atoms with Crippen LogP contribution < -0.4 is 5.63 Å². The molecule has 0 fully saturated rings. The predicted molar refractivity (Wildman–Crippen MR) is 103 cm³/mol. The van der Waals surface area contributed by atoms with Crippen LogP contribution in [0, 0.1) is 5.82 Å². The molecule has 0 aliphatic rings. The fourth-order valence-corrected chi connectivity index (χ4v) is 3.13. The standard InChI is InChI=1S/C21H15F4N3O3/c1-20(30,21(23,24)25)18-11-28(27-26-18)10-12-5-6-15-16(9-19(29)31-17(15)7-12)13-3-2-4-14(22)8-13/h2-9,11,30H,10H2,1H3. The van der Waals surface area contributed by atoms with Crippen LogP contribution in [0.5, 0.6) is 0 Å². The number of alkyl halides is 3. The van der Waals surface area contributed by atoms with Gasteiger partial charge in [-0.3, -0.25) is 0 Å². The smallest absolute Gasteiger partial charge is 0.422 e. The van der Waals surface area contributed by atoms with E-state index < -0.39 is 28.9 Å². The molecule has 0 amide bonds. The van der Waals surface area contributed by atoms with E-state index in [0.717, 1.165) is 10.9 Å². The highest BCUT2D eigenvalue weighted by Crippen LogP contribution is 2.37. The molecule has 0 bridgehead atoms. The molecule has 2 aromatic carbocycles. The van der Waals surface area contributed by atoms with Gasteiger partial charge in [-0.25, -0.2) is 13.9 Å². The van der Waals surface area contributed by atoms with E-state index in [2.05, 4.69) is 10.3 Å². The first-order chi connectivity index (χ1) is 14.5. The van der Waals surface area contributed by atoms with E-state index in [-0.39, 0.29) is 12.1 Å². The average Bonchev–Trinajstić information content (AvgIpc) is 3.15. The number of rotatable bonds is 4. The monoisotopic (exact) mass is 433 g/mol. The third-order valence-corrected chi connectivity index (χ3v) is 4.88. The zero-order chi connectivity index (χ0) is 22.4. The van der Waals surface area contributed by atoms with Gasteiger partial charge in [0, 0.05) is 11.5 Å². The Morgan fingerprint density at radius 1 is 1.13 bits per heavy atom. The summed E-state index contributed by atoms with van der Waals surface area (Å²) in [6.45, 7) is 0.616. The molecule has 31 heavy (non-hydrogen) atoms. The zero-order valence-corrected chi connectivity index (χ0v) is 16.0. The molecule has 1 N–H and O–H groups in total. The third kappa shape index (κ3) is 3.93. The van der Waals surface area contributed by atoms with Gasteiger partial charge >= 0.3 is 11.8 Å². The molecule has 10 heteroatoms. The Morgan fingerprint density at radius 3 is 2.61 bits per heavy atom. The van der Waals surface area contributed by atoms with E-state index in [1.54, 1.807) is 24.3 Å². The van der Waals surface area contributed by atoms with Crippen LogP contribution in [-0.4, -0.2) is 26.3 Å². The molecule has 0 saturated carbocycles. The van der Waals surface area contributed by atoms with Crippen molar-refractivity contribution in [1.82, 2.24) is 15.0 Å². The van der Waals surface area contributed by atoms with Crippen molar-refractivity contribution in [3.05, 3.63) is 82.2 Å². The molecule has 6 nitrogen and oxygen atoms in total. The maximum atomic E-state index is 13.6. The Morgan fingerprint density at radius 2 is 1.90 bits per heavy atom. The van der Waals surface area contributed by atoms with Crippen LogP contribution in [0.2, 0.25) is 0 Å². The molecule has 4 rings (SSSR count). The first-order valence-electron chi connectivity index (χ1n) is 9.07. The lowest BCUT2D eigenvalue weighted by Crippen LogP contribution is -2.39. The molecule has 0 radical (unpaired) electrons. The minimum absolute atomic E-state index is 0.0186. The normalized spacial score (nSPS) is 14.0. The van der Waals surface area contributed by atoms with Crippen LogP contribution in [-0.2, 0) is 12.1 Å². The number of aliphatic hydroxyl groups is 1. The SMILES string of the molecule is CC(O)(c1cn(Cc2ccc3c(-c4cccc(F)c4)cc(=O)oc3c2)nn1)C(F)(F)F. The predicted octanol–water partition coefficient (Wildman–Crippen LogP) is 4.01. The van der Waals surface area contributed by atoms with Gasteiger partial charge in [-0.05, 0) is 41.8 Å². The van der Waals surface area contributed by atoms with Crippen LogP contribution in [0.15, 0.2) is 63.9 Å². The lowest BCUT2D eigenvalue weighted by Gasteiger charge is -2.23. The van der Waals surface area contributed by atoms with Crippen molar-refractivity contribution < 1.29 is 27.1 Å². The van der Waals surface area contributed by atoms with E-state index >= 15 is 0 Å². The molecule has 0 spiro atoms. The van der Waals surface area contributed by atoms with Crippen LogP contribution in [0.25, 0.3) is 22.1 Å². The third-order valence-electron chi connectivity index (χ3n) is 4.88. The summed E-state index contributed by atoms with van der Waals surface area (Å²) in [6, 6.07) is 11.9. The van der Waals surface area contributed by atoms with Crippen molar-refractivity contribution in [2.24, 2.45) is 0 Å². The van der Waals surface area contributed by atoms with E-state index in [1.165, 1.54) is 24.3 Å². The van der Waals surface area contributed by atoms with Crippen molar-refractivity contribution in [2.45, 2.75) is 25.2 Å². The molecule has 0 saturated heterocycles. The molecule has 1 unspecified atom stereocenters. The Bertz CT molecular complexity index is 1330. The molecule has 4 aromatic rings. The van der Waals surface area contributed by atoms with Crippen molar-refractivity contribution in [2.75, 3.05) is 0 Å². The van der Waals surface area contributed by atoms with Crippen molar-refractivity contribution in [3.63, 3.8) is 0 Å². The summed E-state index contributed by atoms with van der Waals surface area (Å²) in [5, 5.41) is 17.3. The topological polar surface area (TPSA) is 81.2 Å². The fraction of sp³-hybridized carbons (Fsp3) is 0.190. The first-order valence-corrected chi connectivity index (χ1v) is 9.07. The number of benzene rings is 2. The summed E-state index contributed by atoms with van der Waals surface area (Å²) in [6.07, 6.45) is -3.91. The van der Waals surface area contributed by atoms with Gasteiger partial charge in [0.2, 0.25) is 5.60 Å². The van der Waals surface area contributed by atoms with E-state index in [0.29, 0.717) is 29.0 Å². The zero-order valence-electron chi connectivity index (χ0n) is 16.0. The van der Waals surface area contributed by atoms with Gasteiger partial charge in [-0.1, -0.05) is 29.5 Å². The van der Waals surface area contributed by atoms with Gasteiger partial charge in [0.05, 0.1) is 12.7 Å². The van der Waals surface area contributed by atoms with Crippen molar-refractivity contribution >= 4 is 11.0 Å². The van der Waals surface area contributed by atoms with Gasteiger partial charge in [-0.15, -0.1) is 5.10 Å². The molecule has 0 aliphatic heterocycles. The first kappa shape index (κ1) is 20.7. The van der Waals surface area contributed by atoms with E-state index in [9.17, 15) is 27.5 Å². The second-order valence-corrected chi connectivity index (χ2v) is 7.19. The Balaban J connectivity index is 1.69. The maximum Gasteiger partial charge on any atom is 0.422 e. The van der Waals surface area contributed by atoms with Crippen LogP contribution in [0.3, 0.4) is 0 Å². The second-order valence-electron chi connectivity index (χ2n) is 7.19. The second kappa shape index (κ2) is 7.31. The van der Waals surface area contributed by atoms with Crippen LogP contribution >= 0.6 is 0 Å². The summed E-state index contributed by atoms with van der Waals surface area (Å²) < 4.78 is 58.9. The number of fused-ring (bicyclic) bond motifs is 1. The van der Waals surface area contributed by atoms with Gasteiger partial charge < -0.3 is 9.52 Å². The molecule has 0 aliphatic carbocycles. The van der Waals surface area contributed by atoms with Crippen LogP contribution in [0.4, 0.5) is 17.6 Å². The minimum atomic E-state index is -4.91. The number of halogens is 4. The van der Waals surface area contributed by atoms with Gasteiger partial charge in [-0.2, -0.15) is 13.2 Å². The highest BCUT2D eigenvalue weighted by atomic mass is 19.4. The molecule has 2 aromatic heterocycles. The van der Waals surface area contributed by atoms with Gasteiger partial charge in [0.1, 0.15) is 17.1 Å². The number of nitrogens with zero attached hydrogens (tertiary/aromatic N) is 3. The van der Waals surface area contributed by atoms with Gasteiger partial charge in [0.25, 0.3) is 0 Å². The molecular weight excluding hydrogens is 418 g/mol. The molecule has 2 heterocycles. The highest BCUT2D eigenvalue weighted by molar-refractivity contribution is 5.93. The Kier molecular flexibility index (Phi) is 4.89. The Labute approximate surface area is 172 Å². The molecule has 1 atom stereocenters. The van der Waals surface area contributed by atoms with Crippen molar-refractivity contribution in [1.29, 1.82) is 0 Å². The van der Waals surface area contributed by atoms with Crippen molar-refractivity contribution in [3.8, 4) is 11.1 Å². The quantitative estimate of drug-likeness (QED) is 0.389. The summed E-state index contributed by atoms with van der Waals surface area (Å²) in [5.74, 6) is -0.452. The minimum Gasteiger partial charge on any atom is -0.423 e. The van der Waals surface area contributed by atoms with E-state index in [4.69, 9.17) is 4.42 Å². The summed E-state index contributed by atoms with van der Waals surface area (Å²) >= 11 is 0. The molecule has 160 valence electrons. The summed E-state index contributed by atoms with van der Waals surface area (Å²) in [7, 11) is 0. The maximum absolute atomic E-state index is 13.6. The Hall–Kier alpha value is -3.53. The fourth-order valence-electron chi connectivity index (χ4n) is 3.13. The lowest BCUT2D eigenvalue weighted by molar-refractivity contribution is -0.260. The number of hydrogen-bond acceptors (Lipinski definition) is 5. The van der Waals surface area contributed by atoms with Crippen LogP contribution in [0.1, 0.15) is 18.2 Å². The number of aromatic nitrogens is 3. The lowest BCUT2D eigenvalue weighted by atomic mass is 10.0. The molecular formula is C21H15F4N3O3. The average molecular weight is 433 g/mol. The van der Waals surface area contributed by atoms with Gasteiger partial charge in [0.15, 0.2) is 0 Å². The number of hydrogen-bond donors (Lipinski definition) is 1. The summed E-state index contributed by atoms with van der Waals surface area (Å²) in [4.78, 5) is 12.0. The largest absolute Gasteiger partial charge is 0.423 e. The van der Waals surface area contributed by atoms with E-state index in [1.807, 2.05) is 0 Å². The summed E-state index contributed by atoms with van der Waals surface area (Å²) in [5.41, 5.74) is -2.63.